The number of likely N-dealkylation sites (tertiary alicyclic amines) is 1. The number of pyridine rings is 1. The molecule has 6 heteroatoms. The lowest BCUT2D eigenvalue weighted by atomic mass is 10.1. The number of aromatic nitrogens is 2. The molecule has 1 aliphatic heterocycles. The highest BCUT2D eigenvalue weighted by Gasteiger charge is 2.22. The van der Waals surface area contributed by atoms with E-state index in [2.05, 4.69) is 46.6 Å². The lowest BCUT2D eigenvalue weighted by Crippen LogP contribution is -2.36. The van der Waals surface area contributed by atoms with E-state index in [0.29, 0.717) is 6.04 Å². The molecule has 1 unspecified atom stereocenters. The van der Waals surface area contributed by atoms with Crippen LogP contribution in [0, 0.1) is 0 Å². The molecule has 1 saturated heterocycles. The quantitative estimate of drug-likeness (QED) is 0.880. The van der Waals surface area contributed by atoms with Gasteiger partial charge in [0.15, 0.2) is 0 Å². The SMILES string of the molecule is CCn1cc(CN(C)CC2CCCN2C)c2cc(C(=O)O)ncc21. The lowest BCUT2D eigenvalue weighted by Gasteiger charge is -2.25. The van der Waals surface area contributed by atoms with Crippen LogP contribution in [0.5, 0.6) is 0 Å². The number of carbonyl (C=O) groups is 1. The van der Waals surface area contributed by atoms with E-state index in [0.717, 1.165) is 30.5 Å². The van der Waals surface area contributed by atoms with Crippen molar-refractivity contribution in [3.63, 3.8) is 0 Å². The maximum absolute atomic E-state index is 11.2. The van der Waals surface area contributed by atoms with E-state index in [4.69, 9.17) is 0 Å². The first-order valence-electron chi connectivity index (χ1n) is 8.59. The van der Waals surface area contributed by atoms with Crippen molar-refractivity contribution in [2.24, 2.45) is 0 Å². The van der Waals surface area contributed by atoms with E-state index >= 15 is 0 Å². The summed E-state index contributed by atoms with van der Waals surface area (Å²) >= 11 is 0. The molecule has 6 nitrogen and oxygen atoms in total. The van der Waals surface area contributed by atoms with Crippen molar-refractivity contribution in [2.45, 2.75) is 38.9 Å². The van der Waals surface area contributed by atoms with E-state index < -0.39 is 5.97 Å². The monoisotopic (exact) mass is 330 g/mol. The summed E-state index contributed by atoms with van der Waals surface area (Å²) in [7, 11) is 4.33. The Labute approximate surface area is 142 Å². The average Bonchev–Trinajstić information content (AvgIpc) is 3.11. The molecule has 0 radical (unpaired) electrons. The van der Waals surface area contributed by atoms with Crippen LogP contribution >= 0.6 is 0 Å². The van der Waals surface area contributed by atoms with Crippen LogP contribution in [0.1, 0.15) is 35.8 Å². The van der Waals surface area contributed by atoms with E-state index in [1.54, 1.807) is 12.3 Å². The first-order valence-corrected chi connectivity index (χ1v) is 8.59. The largest absolute Gasteiger partial charge is 0.477 e. The second-order valence-electron chi connectivity index (χ2n) is 6.81. The summed E-state index contributed by atoms with van der Waals surface area (Å²) < 4.78 is 2.14. The summed E-state index contributed by atoms with van der Waals surface area (Å²) in [6, 6.07) is 2.32. The third-order valence-corrected chi connectivity index (χ3v) is 5.04. The number of nitrogens with zero attached hydrogens (tertiary/aromatic N) is 4. The van der Waals surface area contributed by atoms with Crippen LogP contribution in [-0.4, -0.2) is 63.7 Å². The third kappa shape index (κ3) is 3.30. The molecular formula is C18H26N4O2. The molecular weight excluding hydrogens is 304 g/mol. The van der Waals surface area contributed by atoms with Gasteiger partial charge in [0.25, 0.3) is 0 Å². The smallest absolute Gasteiger partial charge is 0.354 e. The molecule has 0 bridgehead atoms. The molecule has 2 aromatic heterocycles. The van der Waals surface area contributed by atoms with Crippen molar-refractivity contribution in [3.8, 4) is 0 Å². The molecule has 130 valence electrons. The normalized spacial score (nSPS) is 18.8. The van der Waals surface area contributed by atoms with Crippen LogP contribution < -0.4 is 0 Å². The number of carboxylic acid groups (broad SMARTS) is 1. The summed E-state index contributed by atoms with van der Waals surface area (Å²) in [6.07, 6.45) is 6.34. The first kappa shape index (κ1) is 16.9. The summed E-state index contributed by atoms with van der Waals surface area (Å²) in [6.45, 7) is 5.97. The predicted molar refractivity (Wildman–Crippen MR) is 94.4 cm³/mol. The average molecular weight is 330 g/mol. The number of likely N-dealkylation sites (N-methyl/N-ethyl adjacent to an activating group) is 2. The van der Waals surface area contributed by atoms with Gasteiger partial charge >= 0.3 is 5.97 Å². The van der Waals surface area contributed by atoms with Gasteiger partial charge in [0.1, 0.15) is 5.69 Å². The maximum atomic E-state index is 11.2. The molecule has 24 heavy (non-hydrogen) atoms. The fourth-order valence-corrected chi connectivity index (χ4v) is 3.69. The van der Waals surface area contributed by atoms with Crippen molar-refractivity contribution in [3.05, 3.63) is 29.7 Å². The first-order chi connectivity index (χ1) is 11.5. The van der Waals surface area contributed by atoms with Gasteiger partial charge in [-0.05, 0) is 52.0 Å². The Morgan fingerprint density at radius 3 is 2.92 bits per heavy atom. The fourth-order valence-electron chi connectivity index (χ4n) is 3.69. The number of aromatic carboxylic acids is 1. The molecule has 0 saturated carbocycles. The number of rotatable bonds is 6. The summed E-state index contributed by atoms with van der Waals surface area (Å²) in [5.74, 6) is -0.979. The highest BCUT2D eigenvalue weighted by atomic mass is 16.4. The lowest BCUT2D eigenvalue weighted by molar-refractivity contribution is 0.0690. The van der Waals surface area contributed by atoms with Gasteiger partial charge in [-0.25, -0.2) is 9.78 Å². The predicted octanol–water partition coefficient (Wildman–Crippen LogP) is 2.28. The van der Waals surface area contributed by atoms with Crippen molar-refractivity contribution >= 4 is 16.9 Å². The summed E-state index contributed by atoms with van der Waals surface area (Å²) in [5, 5.41) is 10.2. The van der Waals surface area contributed by atoms with Crippen molar-refractivity contribution < 1.29 is 9.90 Å². The topological polar surface area (TPSA) is 61.6 Å². The Bertz CT molecular complexity index is 740. The zero-order valence-corrected chi connectivity index (χ0v) is 14.7. The standard InChI is InChI=1S/C18H26N4O2/c1-4-22-11-13(10-20(2)12-14-6-5-7-21(14)3)15-8-16(18(23)24)19-9-17(15)22/h8-9,11,14H,4-7,10,12H2,1-3H3,(H,23,24). The van der Waals surface area contributed by atoms with Gasteiger partial charge in [0.05, 0.1) is 11.7 Å². The zero-order valence-electron chi connectivity index (χ0n) is 14.7. The number of hydrogen-bond donors (Lipinski definition) is 1. The minimum absolute atomic E-state index is 0.107. The Balaban J connectivity index is 1.84. The molecule has 1 aliphatic rings. The van der Waals surface area contributed by atoms with Crippen LogP contribution in [-0.2, 0) is 13.1 Å². The van der Waals surface area contributed by atoms with Gasteiger partial charge in [0.2, 0.25) is 0 Å². The third-order valence-electron chi connectivity index (χ3n) is 5.04. The fraction of sp³-hybridized carbons (Fsp3) is 0.556. The van der Waals surface area contributed by atoms with Gasteiger partial charge in [0, 0.05) is 37.3 Å². The Hall–Kier alpha value is -1.92. The molecule has 3 heterocycles. The van der Waals surface area contributed by atoms with Gasteiger partial charge in [-0.3, -0.25) is 0 Å². The minimum atomic E-state index is -0.979. The van der Waals surface area contributed by atoms with Crippen LogP contribution in [0.4, 0.5) is 0 Å². The molecule has 0 spiro atoms. The van der Waals surface area contributed by atoms with E-state index in [1.807, 2.05) is 0 Å². The zero-order chi connectivity index (χ0) is 17.3. The number of carboxylic acids is 1. The summed E-state index contributed by atoms with van der Waals surface area (Å²) in [5.41, 5.74) is 2.28. The van der Waals surface area contributed by atoms with Crippen LogP contribution in [0.15, 0.2) is 18.5 Å². The number of hydrogen-bond acceptors (Lipinski definition) is 4. The van der Waals surface area contributed by atoms with Gasteiger partial charge in [-0.2, -0.15) is 0 Å². The highest BCUT2D eigenvalue weighted by Crippen LogP contribution is 2.24. The Kier molecular flexibility index (Phi) is 4.87. The molecule has 1 N–H and O–H groups in total. The van der Waals surface area contributed by atoms with Crippen molar-refractivity contribution in [1.29, 1.82) is 0 Å². The molecule has 2 aromatic rings. The van der Waals surface area contributed by atoms with Gasteiger partial charge in [-0.15, -0.1) is 0 Å². The molecule has 0 aliphatic carbocycles. The molecule has 1 atom stereocenters. The Morgan fingerprint density at radius 2 is 2.29 bits per heavy atom. The van der Waals surface area contributed by atoms with Crippen LogP contribution in [0.25, 0.3) is 10.9 Å². The Morgan fingerprint density at radius 1 is 1.50 bits per heavy atom. The van der Waals surface area contributed by atoms with Gasteiger partial charge < -0.3 is 19.5 Å². The molecule has 3 rings (SSSR count). The summed E-state index contributed by atoms with van der Waals surface area (Å²) in [4.78, 5) is 20.1. The second-order valence-corrected chi connectivity index (χ2v) is 6.81. The van der Waals surface area contributed by atoms with E-state index in [1.165, 1.54) is 24.9 Å². The van der Waals surface area contributed by atoms with E-state index in [-0.39, 0.29) is 5.69 Å². The van der Waals surface area contributed by atoms with Crippen molar-refractivity contribution in [2.75, 3.05) is 27.2 Å². The van der Waals surface area contributed by atoms with Crippen LogP contribution in [0.3, 0.4) is 0 Å². The van der Waals surface area contributed by atoms with Crippen LogP contribution in [0.2, 0.25) is 0 Å². The minimum Gasteiger partial charge on any atom is -0.477 e. The number of aryl methyl sites for hydroxylation is 1. The molecule has 0 amide bonds. The van der Waals surface area contributed by atoms with Gasteiger partial charge in [-0.1, -0.05) is 0 Å². The number of fused-ring (bicyclic) bond motifs is 1. The maximum Gasteiger partial charge on any atom is 0.354 e. The highest BCUT2D eigenvalue weighted by molar-refractivity contribution is 5.92. The van der Waals surface area contributed by atoms with Crippen molar-refractivity contribution in [1.82, 2.24) is 19.4 Å². The molecule has 0 aromatic carbocycles. The second kappa shape index (κ2) is 6.91. The van der Waals surface area contributed by atoms with E-state index in [9.17, 15) is 9.90 Å². The molecule has 1 fully saturated rings.